The van der Waals surface area contributed by atoms with Gasteiger partial charge < -0.3 is 5.32 Å². The summed E-state index contributed by atoms with van der Waals surface area (Å²) in [6.45, 7) is 1.59. The number of terminal acetylenes is 1. The van der Waals surface area contributed by atoms with Crippen LogP contribution in [0.1, 0.15) is 5.56 Å². The third kappa shape index (κ3) is 5.13. The predicted molar refractivity (Wildman–Crippen MR) is 69.3 cm³/mol. The van der Waals surface area contributed by atoms with Crippen LogP contribution in [0, 0.1) is 12.3 Å². The van der Waals surface area contributed by atoms with Crippen molar-refractivity contribution in [1.29, 1.82) is 0 Å². The maximum absolute atomic E-state index is 6.03. The zero-order chi connectivity index (χ0) is 10.9. The molecule has 1 aromatic rings. The van der Waals surface area contributed by atoms with Gasteiger partial charge in [-0.1, -0.05) is 35.7 Å². The van der Waals surface area contributed by atoms with Gasteiger partial charge in [-0.3, -0.25) is 0 Å². The Hall–Kier alpha value is -0.620. The van der Waals surface area contributed by atoms with Crippen molar-refractivity contribution in [1.82, 2.24) is 5.32 Å². The van der Waals surface area contributed by atoms with Crippen LogP contribution in [-0.4, -0.2) is 18.8 Å². The maximum Gasteiger partial charge on any atom is 0.0574 e. The lowest BCUT2D eigenvalue weighted by Crippen LogP contribution is -2.16. The molecular formula is C12H14ClNS. The first-order chi connectivity index (χ1) is 7.34. The predicted octanol–water partition coefficient (Wildman–Crippen LogP) is 2.80. The van der Waals surface area contributed by atoms with Crippen molar-refractivity contribution in [2.75, 3.05) is 18.8 Å². The third-order valence-electron chi connectivity index (χ3n) is 1.87. The van der Waals surface area contributed by atoms with Gasteiger partial charge in [0.15, 0.2) is 0 Å². The fourth-order valence-electron chi connectivity index (χ4n) is 1.10. The topological polar surface area (TPSA) is 12.0 Å². The lowest BCUT2D eigenvalue weighted by molar-refractivity contribution is 0.818. The standard InChI is InChI=1S/C12H14ClNS/c1-2-7-14-8-9-15-10-11-5-3-4-6-12(11)13/h1,3-6,14H,7-10H2. The molecule has 15 heavy (non-hydrogen) atoms. The van der Waals surface area contributed by atoms with Crippen molar-refractivity contribution in [3.05, 3.63) is 34.9 Å². The molecule has 0 bridgehead atoms. The molecule has 0 aromatic heterocycles. The highest BCUT2D eigenvalue weighted by Crippen LogP contribution is 2.20. The van der Waals surface area contributed by atoms with Gasteiger partial charge in [-0.05, 0) is 11.6 Å². The monoisotopic (exact) mass is 239 g/mol. The summed E-state index contributed by atoms with van der Waals surface area (Å²) in [5.41, 5.74) is 1.20. The second-order valence-electron chi connectivity index (χ2n) is 3.02. The van der Waals surface area contributed by atoms with Crippen molar-refractivity contribution < 1.29 is 0 Å². The second kappa shape index (κ2) is 7.64. The van der Waals surface area contributed by atoms with Gasteiger partial charge in [0.05, 0.1) is 6.54 Å². The Morgan fingerprint density at radius 3 is 2.93 bits per heavy atom. The fourth-order valence-corrected chi connectivity index (χ4v) is 2.29. The van der Waals surface area contributed by atoms with Gasteiger partial charge in [-0.2, -0.15) is 11.8 Å². The number of halogens is 1. The molecule has 3 heteroatoms. The summed E-state index contributed by atoms with van der Waals surface area (Å²) in [4.78, 5) is 0. The van der Waals surface area contributed by atoms with Gasteiger partial charge in [0.2, 0.25) is 0 Å². The van der Waals surface area contributed by atoms with Crippen LogP contribution in [0.2, 0.25) is 5.02 Å². The quantitative estimate of drug-likeness (QED) is 0.605. The van der Waals surface area contributed by atoms with Crippen LogP contribution in [0.5, 0.6) is 0 Å². The van der Waals surface area contributed by atoms with Crippen LogP contribution in [-0.2, 0) is 5.75 Å². The van der Waals surface area contributed by atoms with E-state index < -0.39 is 0 Å². The number of nitrogens with one attached hydrogen (secondary N) is 1. The zero-order valence-electron chi connectivity index (χ0n) is 8.50. The van der Waals surface area contributed by atoms with Crippen LogP contribution < -0.4 is 5.32 Å². The van der Waals surface area contributed by atoms with E-state index in [0.717, 1.165) is 23.1 Å². The molecule has 1 nitrogen and oxygen atoms in total. The molecule has 0 aliphatic carbocycles. The summed E-state index contributed by atoms with van der Waals surface area (Å²) >= 11 is 7.89. The Morgan fingerprint density at radius 1 is 1.40 bits per heavy atom. The molecule has 1 N–H and O–H groups in total. The molecule has 0 aliphatic rings. The van der Waals surface area contributed by atoms with Gasteiger partial charge in [0, 0.05) is 23.1 Å². The average Bonchev–Trinajstić information content (AvgIpc) is 2.25. The Morgan fingerprint density at radius 2 is 2.20 bits per heavy atom. The third-order valence-corrected chi connectivity index (χ3v) is 3.24. The number of benzene rings is 1. The van der Waals surface area contributed by atoms with E-state index in [-0.39, 0.29) is 0 Å². The highest BCUT2D eigenvalue weighted by Gasteiger charge is 1.98. The number of hydrogen-bond acceptors (Lipinski definition) is 2. The number of hydrogen-bond donors (Lipinski definition) is 1. The van der Waals surface area contributed by atoms with Crippen LogP contribution >= 0.6 is 23.4 Å². The SMILES string of the molecule is C#CCNCCSCc1ccccc1Cl. The molecule has 80 valence electrons. The molecule has 0 saturated heterocycles. The van der Waals surface area contributed by atoms with Gasteiger partial charge in [0.25, 0.3) is 0 Å². The number of thioether (sulfide) groups is 1. The second-order valence-corrected chi connectivity index (χ2v) is 4.54. The van der Waals surface area contributed by atoms with E-state index in [9.17, 15) is 0 Å². The molecule has 0 fully saturated rings. The van der Waals surface area contributed by atoms with E-state index >= 15 is 0 Å². The summed E-state index contributed by atoms with van der Waals surface area (Å²) in [5, 5.41) is 3.99. The van der Waals surface area contributed by atoms with Gasteiger partial charge in [-0.15, -0.1) is 6.42 Å². The van der Waals surface area contributed by atoms with Gasteiger partial charge >= 0.3 is 0 Å². The summed E-state index contributed by atoms with van der Waals surface area (Å²) in [6.07, 6.45) is 5.12. The molecule has 1 rings (SSSR count). The first kappa shape index (κ1) is 12.4. The Balaban J connectivity index is 2.16. The highest BCUT2D eigenvalue weighted by molar-refractivity contribution is 7.98. The van der Waals surface area contributed by atoms with E-state index in [1.807, 2.05) is 30.0 Å². The van der Waals surface area contributed by atoms with E-state index in [1.165, 1.54) is 5.56 Å². The molecule has 0 unspecified atom stereocenters. The summed E-state index contributed by atoms with van der Waals surface area (Å²) in [6, 6.07) is 7.95. The van der Waals surface area contributed by atoms with E-state index in [1.54, 1.807) is 0 Å². The summed E-state index contributed by atoms with van der Waals surface area (Å²) in [5.74, 6) is 4.55. The highest BCUT2D eigenvalue weighted by atomic mass is 35.5. The summed E-state index contributed by atoms with van der Waals surface area (Å²) in [7, 11) is 0. The summed E-state index contributed by atoms with van der Waals surface area (Å²) < 4.78 is 0. The minimum absolute atomic E-state index is 0.645. The van der Waals surface area contributed by atoms with Crippen molar-refractivity contribution >= 4 is 23.4 Å². The number of rotatable bonds is 6. The lowest BCUT2D eigenvalue weighted by atomic mass is 10.2. The minimum atomic E-state index is 0.645. The molecule has 0 spiro atoms. The molecule has 0 atom stereocenters. The van der Waals surface area contributed by atoms with Crippen LogP contribution in [0.4, 0.5) is 0 Å². The minimum Gasteiger partial charge on any atom is -0.305 e. The Bertz CT molecular complexity index is 333. The molecule has 0 aliphatic heterocycles. The van der Waals surface area contributed by atoms with E-state index in [4.69, 9.17) is 18.0 Å². The van der Waals surface area contributed by atoms with Crippen molar-refractivity contribution in [3.8, 4) is 12.3 Å². The lowest BCUT2D eigenvalue weighted by Gasteiger charge is -2.04. The van der Waals surface area contributed by atoms with Crippen molar-refractivity contribution in [3.63, 3.8) is 0 Å². The van der Waals surface area contributed by atoms with Crippen LogP contribution in [0.15, 0.2) is 24.3 Å². The first-order valence-electron chi connectivity index (χ1n) is 4.80. The van der Waals surface area contributed by atoms with Gasteiger partial charge in [-0.25, -0.2) is 0 Å². The fraction of sp³-hybridized carbons (Fsp3) is 0.333. The van der Waals surface area contributed by atoms with Gasteiger partial charge in [0.1, 0.15) is 0 Å². The Labute approximate surface area is 101 Å². The molecular weight excluding hydrogens is 226 g/mol. The average molecular weight is 240 g/mol. The zero-order valence-corrected chi connectivity index (χ0v) is 10.1. The van der Waals surface area contributed by atoms with E-state index in [0.29, 0.717) is 6.54 Å². The molecule has 0 saturated carbocycles. The molecule has 0 radical (unpaired) electrons. The van der Waals surface area contributed by atoms with Crippen LogP contribution in [0.25, 0.3) is 0 Å². The Kier molecular flexibility index (Phi) is 6.34. The first-order valence-corrected chi connectivity index (χ1v) is 6.33. The van der Waals surface area contributed by atoms with Crippen molar-refractivity contribution in [2.45, 2.75) is 5.75 Å². The molecule has 1 aromatic carbocycles. The molecule has 0 heterocycles. The van der Waals surface area contributed by atoms with Crippen molar-refractivity contribution in [2.24, 2.45) is 0 Å². The van der Waals surface area contributed by atoms with Crippen LogP contribution in [0.3, 0.4) is 0 Å². The normalized spacial score (nSPS) is 9.87. The maximum atomic E-state index is 6.03. The van der Waals surface area contributed by atoms with E-state index in [2.05, 4.69) is 17.3 Å². The molecule has 0 amide bonds. The smallest absolute Gasteiger partial charge is 0.0574 e. The largest absolute Gasteiger partial charge is 0.305 e.